The van der Waals surface area contributed by atoms with E-state index in [0.717, 1.165) is 31.4 Å². The molecule has 1 aromatic carbocycles. The first-order valence-corrected chi connectivity index (χ1v) is 8.46. The molecule has 1 aromatic rings. The fourth-order valence-electron chi connectivity index (χ4n) is 3.19. The van der Waals surface area contributed by atoms with Gasteiger partial charge in [0, 0.05) is 23.2 Å². The lowest BCUT2D eigenvalue weighted by molar-refractivity contribution is -0.130. The van der Waals surface area contributed by atoms with Crippen molar-refractivity contribution in [1.82, 2.24) is 5.32 Å². The molecule has 124 valence electrons. The molecule has 0 aromatic heterocycles. The number of morpholine rings is 1. The summed E-state index contributed by atoms with van der Waals surface area (Å²) in [4.78, 5) is 25.8. The monoisotopic (exact) mass is 336 g/mol. The van der Waals surface area contributed by atoms with Crippen molar-refractivity contribution in [2.75, 3.05) is 24.6 Å². The average Bonchev–Trinajstić information content (AvgIpc) is 3.08. The highest BCUT2D eigenvalue weighted by molar-refractivity contribution is 6.30. The largest absolute Gasteiger partial charge is 0.365 e. The third kappa shape index (κ3) is 4.03. The molecule has 1 aliphatic heterocycles. The summed E-state index contributed by atoms with van der Waals surface area (Å²) in [5.41, 5.74) is 0.762. The summed E-state index contributed by atoms with van der Waals surface area (Å²) in [5, 5.41) is 3.56. The van der Waals surface area contributed by atoms with E-state index in [1.165, 1.54) is 0 Å². The Balaban J connectivity index is 1.57. The van der Waals surface area contributed by atoms with Gasteiger partial charge >= 0.3 is 0 Å². The molecule has 6 heteroatoms. The second kappa shape index (κ2) is 7.32. The molecule has 3 rings (SSSR count). The molecule has 0 spiro atoms. The van der Waals surface area contributed by atoms with Gasteiger partial charge in [0.15, 0.2) is 0 Å². The van der Waals surface area contributed by atoms with Crippen LogP contribution in [-0.4, -0.2) is 37.6 Å². The van der Waals surface area contributed by atoms with Gasteiger partial charge in [-0.25, -0.2) is 0 Å². The molecule has 1 aliphatic carbocycles. The molecule has 1 heterocycles. The first-order chi connectivity index (χ1) is 11.1. The van der Waals surface area contributed by atoms with Crippen LogP contribution in [-0.2, 0) is 14.3 Å². The third-order valence-corrected chi connectivity index (χ3v) is 4.71. The standard InChI is InChI=1S/C17H21ClN2O3/c18-13-6-3-7-14(8-13)20-10-15(23-11-16(20)21)9-19-17(22)12-4-1-2-5-12/h3,6-8,12,15H,1-2,4-5,9-11H2,(H,19,22). The Morgan fingerprint density at radius 2 is 2.13 bits per heavy atom. The van der Waals surface area contributed by atoms with Crippen LogP contribution >= 0.6 is 11.6 Å². The molecular weight excluding hydrogens is 316 g/mol. The molecule has 1 saturated heterocycles. The van der Waals surface area contributed by atoms with Gasteiger partial charge in [-0.2, -0.15) is 0 Å². The molecule has 2 aliphatic rings. The van der Waals surface area contributed by atoms with Gasteiger partial charge in [-0.15, -0.1) is 0 Å². The zero-order chi connectivity index (χ0) is 16.2. The average molecular weight is 337 g/mol. The summed E-state index contributed by atoms with van der Waals surface area (Å²) < 4.78 is 5.55. The predicted octanol–water partition coefficient (Wildman–Crippen LogP) is 2.38. The maximum absolute atomic E-state index is 12.1. The van der Waals surface area contributed by atoms with E-state index in [1.807, 2.05) is 12.1 Å². The normalized spacial score (nSPS) is 22.4. The highest BCUT2D eigenvalue weighted by atomic mass is 35.5. The third-order valence-electron chi connectivity index (χ3n) is 4.48. The van der Waals surface area contributed by atoms with Crippen LogP contribution in [0.25, 0.3) is 0 Å². The summed E-state index contributed by atoms with van der Waals surface area (Å²) in [6.07, 6.45) is 4.02. The lowest BCUT2D eigenvalue weighted by Gasteiger charge is -2.33. The Hall–Kier alpha value is -1.59. The van der Waals surface area contributed by atoms with Crippen molar-refractivity contribution in [3.63, 3.8) is 0 Å². The number of carbonyl (C=O) groups excluding carboxylic acids is 2. The second-order valence-electron chi connectivity index (χ2n) is 6.14. The molecular formula is C17H21ClN2O3. The molecule has 1 atom stereocenters. The van der Waals surface area contributed by atoms with Crippen molar-refractivity contribution < 1.29 is 14.3 Å². The van der Waals surface area contributed by atoms with Crippen LogP contribution in [0.15, 0.2) is 24.3 Å². The van der Waals surface area contributed by atoms with Crippen LogP contribution in [0.4, 0.5) is 5.69 Å². The Kier molecular flexibility index (Phi) is 5.18. The lowest BCUT2D eigenvalue weighted by atomic mass is 10.1. The van der Waals surface area contributed by atoms with Crippen molar-refractivity contribution >= 4 is 29.1 Å². The minimum atomic E-state index is -0.197. The topological polar surface area (TPSA) is 58.6 Å². The van der Waals surface area contributed by atoms with Gasteiger partial charge in [-0.05, 0) is 31.0 Å². The molecule has 5 nitrogen and oxygen atoms in total. The van der Waals surface area contributed by atoms with E-state index in [1.54, 1.807) is 17.0 Å². The predicted molar refractivity (Wildman–Crippen MR) is 88.5 cm³/mol. The Morgan fingerprint density at radius 1 is 1.35 bits per heavy atom. The first-order valence-electron chi connectivity index (χ1n) is 8.09. The number of nitrogens with one attached hydrogen (secondary N) is 1. The highest BCUT2D eigenvalue weighted by Crippen LogP contribution is 2.25. The molecule has 2 amide bonds. The number of nitrogens with zero attached hydrogens (tertiary/aromatic N) is 1. The van der Waals surface area contributed by atoms with Gasteiger partial charge in [-0.3, -0.25) is 9.59 Å². The Labute approximate surface area is 140 Å². The van der Waals surface area contributed by atoms with Crippen molar-refractivity contribution in [3.05, 3.63) is 29.3 Å². The molecule has 1 saturated carbocycles. The van der Waals surface area contributed by atoms with Gasteiger partial charge in [0.25, 0.3) is 5.91 Å². The summed E-state index contributed by atoms with van der Waals surface area (Å²) >= 11 is 6.00. The quantitative estimate of drug-likeness (QED) is 0.918. The first kappa shape index (κ1) is 16.3. The van der Waals surface area contributed by atoms with E-state index in [0.29, 0.717) is 18.1 Å². The lowest BCUT2D eigenvalue weighted by Crippen LogP contribution is -2.51. The van der Waals surface area contributed by atoms with E-state index < -0.39 is 0 Å². The summed E-state index contributed by atoms with van der Waals surface area (Å²) in [6.45, 7) is 0.875. The number of ether oxygens (including phenoxy) is 1. The molecule has 1 unspecified atom stereocenters. The highest BCUT2D eigenvalue weighted by Gasteiger charge is 2.29. The molecule has 0 bridgehead atoms. The van der Waals surface area contributed by atoms with E-state index >= 15 is 0 Å². The summed E-state index contributed by atoms with van der Waals surface area (Å²) in [7, 11) is 0. The SMILES string of the molecule is O=C(NCC1CN(c2cccc(Cl)c2)C(=O)CO1)C1CCCC1. The summed E-state index contributed by atoms with van der Waals surface area (Å²) in [5.74, 6) is 0.159. The van der Waals surface area contributed by atoms with Gasteiger partial charge in [-0.1, -0.05) is 30.5 Å². The van der Waals surface area contributed by atoms with Crippen LogP contribution < -0.4 is 10.2 Å². The van der Waals surface area contributed by atoms with Crippen molar-refractivity contribution in [2.45, 2.75) is 31.8 Å². The van der Waals surface area contributed by atoms with Crippen molar-refractivity contribution in [1.29, 1.82) is 0 Å². The van der Waals surface area contributed by atoms with Crippen LogP contribution in [0.1, 0.15) is 25.7 Å². The van der Waals surface area contributed by atoms with Crippen LogP contribution in [0.2, 0.25) is 5.02 Å². The van der Waals surface area contributed by atoms with Crippen LogP contribution in [0, 0.1) is 5.92 Å². The maximum atomic E-state index is 12.1. The summed E-state index contributed by atoms with van der Waals surface area (Å²) in [6, 6.07) is 7.20. The number of hydrogen-bond donors (Lipinski definition) is 1. The van der Waals surface area contributed by atoms with Gasteiger partial charge in [0.1, 0.15) is 6.61 Å². The minimum absolute atomic E-state index is 0.0243. The maximum Gasteiger partial charge on any atom is 0.253 e. The zero-order valence-corrected chi connectivity index (χ0v) is 13.7. The number of carbonyl (C=O) groups is 2. The number of amides is 2. The van der Waals surface area contributed by atoms with Crippen molar-refractivity contribution in [3.8, 4) is 0 Å². The van der Waals surface area contributed by atoms with Crippen LogP contribution in [0.5, 0.6) is 0 Å². The number of hydrogen-bond acceptors (Lipinski definition) is 3. The van der Waals surface area contributed by atoms with Crippen molar-refractivity contribution in [2.24, 2.45) is 5.92 Å². The number of benzene rings is 1. The van der Waals surface area contributed by atoms with Gasteiger partial charge in [0.05, 0.1) is 12.6 Å². The van der Waals surface area contributed by atoms with Gasteiger partial charge < -0.3 is 15.0 Å². The second-order valence-corrected chi connectivity index (χ2v) is 6.58. The molecule has 0 radical (unpaired) electrons. The Bertz CT molecular complexity index is 587. The fraction of sp³-hybridized carbons (Fsp3) is 0.529. The molecule has 23 heavy (non-hydrogen) atoms. The molecule has 2 fully saturated rings. The molecule has 1 N–H and O–H groups in total. The number of anilines is 1. The number of rotatable bonds is 4. The van der Waals surface area contributed by atoms with E-state index in [4.69, 9.17) is 16.3 Å². The van der Waals surface area contributed by atoms with E-state index in [-0.39, 0.29) is 30.4 Å². The smallest absolute Gasteiger partial charge is 0.253 e. The van der Waals surface area contributed by atoms with E-state index in [9.17, 15) is 9.59 Å². The Morgan fingerprint density at radius 3 is 2.87 bits per heavy atom. The minimum Gasteiger partial charge on any atom is -0.365 e. The number of halogens is 1. The van der Waals surface area contributed by atoms with Gasteiger partial charge in [0.2, 0.25) is 5.91 Å². The van der Waals surface area contributed by atoms with E-state index in [2.05, 4.69) is 5.32 Å². The van der Waals surface area contributed by atoms with Crippen LogP contribution in [0.3, 0.4) is 0 Å². The fourth-order valence-corrected chi connectivity index (χ4v) is 3.37. The zero-order valence-electron chi connectivity index (χ0n) is 13.0.